The van der Waals surface area contributed by atoms with Gasteiger partial charge in [-0.05, 0) is 22.7 Å². The lowest BCUT2D eigenvalue weighted by molar-refractivity contribution is -0.388. The van der Waals surface area contributed by atoms with Crippen molar-refractivity contribution in [1.82, 2.24) is 4.98 Å². The Balaban J connectivity index is 2.43. The van der Waals surface area contributed by atoms with Gasteiger partial charge < -0.3 is 14.9 Å². The van der Waals surface area contributed by atoms with E-state index >= 15 is 0 Å². The average molecular weight is 273 g/mol. The maximum Gasteiger partial charge on any atom is 0.391 e. The van der Waals surface area contributed by atoms with Crippen LogP contribution in [0.2, 0.25) is 0 Å². The molecule has 1 aromatic rings. The quantitative estimate of drug-likeness (QED) is 0.630. The molecule has 1 aliphatic carbocycles. The molecule has 0 aromatic carbocycles. The zero-order valence-electron chi connectivity index (χ0n) is 9.49. The van der Waals surface area contributed by atoms with Gasteiger partial charge in [0.1, 0.15) is 6.20 Å². The van der Waals surface area contributed by atoms with Gasteiger partial charge in [-0.15, -0.1) is 0 Å². The Kier molecular flexibility index (Phi) is 3.07. The fourth-order valence-electron chi connectivity index (χ4n) is 1.32. The van der Waals surface area contributed by atoms with Crippen LogP contribution in [0.4, 0.5) is 11.5 Å². The van der Waals surface area contributed by atoms with Gasteiger partial charge in [0, 0.05) is 6.07 Å². The van der Waals surface area contributed by atoms with Crippen LogP contribution < -0.4 is 9.46 Å². The van der Waals surface area contributed by atoms with Crippen molar-refractivity contribution in [3.05, 3.63) is 22.4 Å². The van der Waals surface area contributed by atoms with E-state index in [4.69, 9.17) is 4.74 Å². The van der Waals surface area contributed by atoms with Gasteiger partial charge in [-0.3, -0.25) is 4.72 Å². The first-order valence-corrected chi connectivity index (χ1v) is 7.04. The van der Waals surface area contributed by atoms with Gasteiger partial charge in [0.25, 0.3) is 0 Å². The molecule has 1 N–H and O–H groups in total. The highest BCUT2D eigenvalue weighted by molar-refractivity contribution is 7.92. The maximum atomic E-state index is 11.2. The predicted octanol–water partition coefficient (Wildman–Crippen LogP) is 0.902. The highest BCUT2D eigenvalue weighted by Crippen LogP contribution is 2.36. The van der Waals surface area contributed by atoms with E-state index in [1.54, 1.807) is 0 Å². The van der Waals surface area contributed by atoms with Gasteiger partial charge >= 0.3 is 5.82 Å². The van der Waals surface area contributed by atoms with E-state index in [0.717, 1.165) is 19.1 Å². The van der Waals surface area contributed by atoms with Crippen molar-refractivity contribution in [1.29, 1.82) is 0 Å². The van der Waals surface area contributed by atoms with E-state index in [1.807, 2.05) is 0 Å². The summed E-state index contributed by atoms with van der Waals surface area (Å²) >= 11 is 0. The fraction of sp³-hybridized carbons (Fsp3) is 0.444. The van der Waals surface area contributed by atoms with E-state index in [0.29, 0.717) is 0 Å². The van der Waals surface area contributed by atoms with E-state index < -0.39 is 20.8 Å². The molecule has 0 aliphatic heterocycles. The summed E-state index contributed by atoms with van der Waals surface area (Å²) in [6.07, 6.45) is 3.82. The number of aromatic nitrogens is 1. The summed E-state index contributed by atoms with van der Waals surface area (Å²) in [7, 11) is -3.65. The minimum atomic E-state index is -3.65. The molecular formula is C9H11N3O5S. The lowest BCUT2D eigenvalue weighted by atomic mass is 10.3. The number of rotatable bonds is 5. The molecule has 0 radical (unpaired) electrons. The Hall–Kier alpha value is -1.90. The second-order valence-corrected chi connectivity index (χ2v) is 5.70. The van der Waals surface area contributed by atoms with Crippen LogP contribution in [0.25, 0.3) is 0 Å². The number of hydrogen-bond donors (Lipinski definition) is 1. The normalized spacial score (nSPS) is 15.2. The monoisotopic (exact) mass is 273 g/mol. The molecule has 1 aromatic heterocycles. The van der Waals surface area contributed by atoms with Crippen LogP contribution >= 0.6 is 0 Å². The average Bonchev–Trinajstić information content (AvgIpc) is 3.02. The molecule has 1 aliphatic rings. The Morgan fingerprint density at radius 3 is 2.72 bits per heavy atom. The smallest absolute Gasteiger partial charge is 0.391 e. The Bertz CT molecular complexity index is 582. The number of anilines is 1. The third-order valence-electron chi connectivity index (χ3n) is 2.17. The van der Waals surface area contributed by atoms with Crippen molar-refractivity contribution in [2.24, 2.45) is 0 Å². The van der Waals surface area contributed by atoms with Gasteiger partial charge in [0.05, 0.1) is 12.4 Å². The topological polar surface area (TPSA) is 111 Å². The van der Waals surface area contributed by atoms with E-state index in [-0.39, 0.29) is 17.5 Å². The Morgan fingerprint density at radius 1 is 1.56 bits per heavy atom. The van der Waals surface area contributed by atoms with Crippen molar-refractivity contribution in [2.45, 2.75) is 18.9 Å². The van der Waals surface area contributed by atoms with Gasteiger partial charge in [-0.1, -0.05) is 0 Å². The van der Waals surface area contributed by atoms with Gasteiger partial charge in [0.15, 0.2) is 11.4 Å². The molecule has 0 amide bonds. The molecule has 0 saturated heterocycles. The van der Waals surface area contributed by atoms with E-state index in [9.17, 15) is 18.5 Å². The van der Waals surface area contributed by atoms with Crippen LogP contribution in [0.1, 0.15) is 12.8 Å². The molecule has 8 nitrogen and oxygen atoms in total. The van der Waals surface area contributed by atoms with Crippen molar-refractivity contribution >= 4 is 21.5 Å². The number of nitro groups is 1. The third kappa shape index (κ3) is 3.06. The second kappa shape index (κ2) is 4.41. The third-order valence-corrected chi connectivity index (χ3v) is 2.75. The molecule has 1 heterocycles. The van der Waals surface area contributed by atoms with Crippen LogP contribution in [0.5, 0.6) is 5.75 Å². The molecule has 1 fully saturated rings. The predicted molar refractivity (Wildman–Crippen MR) is 63.0 cm³/mol. The minimum Gasteiger partial charge on any atom is -0.488 e. The van der Waals surface area contributed by atoms with Crippen molar-refractivity contribution in [3.63, 3.8) is 0 Å². The number of sulfonamides is 1. The van der Waals surface area contributed by atoms with Crippen molar-refractivity contribution in [3.8, 4) is 5.75 Å². The second-order valence-electron chi connectivity index (χ2n) is 3.96. The summed E-state index contributed by atoms with van der Waals surface area (Å²) in [5.74, 6) is -0.441. The summed E-state index contributed by atoms with van der Waals surface area (Å²) < 4.78 is 29.9. The number of ether oxygens (including phenoxy) is 1. The Morgan fingerprint density at radius 2 is 2.22 bits per heavy atom. The van der Waals surface area contributed by atoms with Gasteiger partial charge in [-0.2, -0.15) is 0 Å². The molecule has 1 saturated carbocycles. The molecule has 9 heteroatoms. The summed E-state index contributed by atoms with van der Waals surface area (Å²) in [5, 5.41) is 10.8. The van der Waals surface area contributed by atoms with E-state index in [1.165, 1.54) is 12.3 Å². The zero-order valence-corrected chi connectivity index (χ0v) is 10.3. The SMILES string of the molecule is CS(=O)(=O)Nc1c(OC2CC2)ccnc1[N+](=O)[O-]. The summed E-state index contributed by atoms with van der Waals surface area (Å²) in [6, 6.07) is 1.40. The number of pyridine rings is 1. The molecule has 18 heavy (non-hydrogen) atoms. The highest BCUT2D eigenvalue weighted by atomic mass is 32.2. The molecule has 2 rings (SSSR count). The first-order chi connectivity index (χ1) is 8.37. The van der Waals surface area contributed by atoms with Crippen LogP contribution in [0, 0.1) is 10.1 Å². The van der Waals surface area contributed by atoms with Crippen LogP contribution in [0.3, 0.4) is 0 Å². The van der Waals surface area contributed by atoms with E-state index in [2.05, 4.69) is 9.71 Å². The largest absolute Gasteiger partial charge is 0.488 e. The highest BCUT2D eigenvalue weighted by Gasteiger charge is 2.29. The van der Waals surface area contributed by atoms with Gasteiger partial charge in [-0.25, -0.2) is 8.42 Å². The number of nitrogens with one attached hydrogen (secondary N) is 1. The lowest BCUT2D eigenvalue weighted by Gasteiger charge is -2.10. The zero-order chi connectivity index (χ0) is 13.3. The fourth-order valence-corrected chi connectivity index (χ4v) is 1.88. The minimum absolute atomic E-state index is 0.00730. The number of nitrogens with zero attached hydrogens (tertiary/aromatic N) is 2. The van der Waals surface area contributed by atoms with Crippen LogP contribution in [0.15, 0.2) is 12.3 Å². The molecule has 0 bridgehead atoms. The summed E-state index contributed by atoms with van der Waals surface area (Å²) in [5.41, 5.74) is -0.225. The molecule has 0 atom stereocenters. The van der Waals surface area contributed by atoms with Crippen molar-refractivity contribution < 1.29 is 18.1 Å². The number of hydrogen-bond acceptors (Lipinski definition) is 6. The first kappa shape index (κ1) is 12.6. The van der Waals surface area contributed by atoms with Gasteiger partial charge in [0.2, 0.25) is 10.0 Å². The summed E-state index contributed by atoms with van der Waals surface area (Å²) in [6.45, 7) is 0. The van der Waals surface area contributed by atoms with Crippen LogP contribution in [-0.4, -0.2) is 30.7 Å². The summed E-state index contributed by atoms with van der Waals surface area (Å²) in [4.78, 5) is 13.6. The molecular weight excluding hydrogens is 262 g/mol. The maximum absolute atomic E-state index is 11.2. The van der Waals surface area contributed by atoms with Crippen LogP contribution in [-0.2, 0) is 10.0 Å². The Labute approximate surface area is 103 Å². The standard InChI is InChI=1S/C9H11N3O5S/c1-18(15,16)11-8-7(17-6-2-3-6)4-5-10-9(8)12(13)14/h4-6,11H,2-3H2,1H3. The molecule has 0 spiro atoms. The first-order valence-electron chi connectivity index (χ1n) is 5.14. The molecule has 0 unspecified atom stereocenters. The van der Waals surface area contributed by atoms with Crippen molar-refractivity contribution in [2.75, 3.05) is 11.0 Å². The lowest BCUT2D eigenvalue weighted by Crippen LogP contribution is -2.13. The molecule has 98 valence electrons.